The van der Waals surface area contributed by atoms with Crippen LogP contribution in [0.5, 0.6) is 0 Å². The van der Waals surface area contributed by atoms with E-state index >= 15 is 0 Å². The lowest BCUT2D eigenvalue weighted by Gasteiger charge is -2.25. The number of halogens is 2. The largest absolute Gasteiger partial charge is 0.390 e. The van der Waals surface area contributed by atoms with E-state index in [1.54, 1.807) is 4.90 Å². The summed E-state index contributed by atoms with van der Waals surface area (Å²) in [5.41, 5.74) is 3.31. The molecule has 4 nitrogen and oxygen atoms in total. The van der Waals surface area contributed by atoms with E-state index in [0.29, 0.717) is 18.5 Å². The zero-order valence-corrected chi connectivity index (χ0v) is 15.7. The molecule has 1 amide bonds. The maximum Gasteiger partial charge on any atom is 0.226 e. The van der Waals surface area contributed by atoms with Crippen molar-refractivity contribution in [2.24, 2.45) is 11.1 Å². The molecular weight excluding hydrogens is 362 g/mol. The summed E-state index contributed by atoms with van der Waals surface area (Å²) in [6, 6.07) is 11.5. The van der Waals surface area contributed by atoms with Gasteiger partial charge in [-0.05, 0) is 31.4 Å². The first-order valence-corrected chi connectivity index (χ1v) is 9.52. The van der Waals surface area contributed by atoms with Crippen molar-refractivity contribution in [2.75, 3.05) is 6.54 Å². The summed E-state index contributed by atoms with van der Waals surface area (Å²) >= 11 is 0. The van der Waals surface area contributed by atoms with Crippen molar-refractivity contribution in [3.8, 4) is 0 Å². The second-order valence-corrected chi connectivity index (χ2v) is 7.56. The summed E-state index contributed by atoms with van der Waals surface area (Å²) in [6.45, 7) is 2.45. The number of aryl methyl sites for hydroxylation is 1. The van der Waals surface area contributed by atoms with Crippen LogP contribution in [0.2, 0.25) is 0 Å². The number of rotatable bonds is 6. The zero-order chi connectivity index (χ0) is 19.7. The molecule has 1 heterocycles. The first-order chi connectivity index (χ1) is 13.5. The molecule has 2 aromatic carbocycles. The van der Waals surface area contributed by atoms with Crippen molar-refractivity contribution in [3.05, 3.63) is 70.8 Å². The molecule has 2 aromatic rings. The average molecular weight is 384 g/mol. The molecule has 28 heavy (non-hydrogen) atoms. The molecule has 1 atom stereocenters. The van der Waals surface area contributed by atoms with Gasteiger partial charge >= 0.3 is 0 Å². The Morgan fingerprint density at radius 3 is 2.61 bits per heavy atom. The fraction of sp³-hybridized carbons (Fsp3) is 0.364. The highest BCUT2D eigenvalue weighted by Crippen LogP contribution is 2.32. The first-order valence-electron chi connectivity index (χ1n) is 9.52. The van der Waals surface area contributed by atoms with Crippen molar-refractivity contribution in [2.45, 2.75) is 38.8 Å². The zero-order valence-electron chi connectivity index (χ0n) is 15.7. The van der Waals surface area contributed by atoms with Crippen molar-refractivity contribution in [1.29, 1.82) is 0 Å². The van der Waals surface area contributed by atoms with Gasteiger partial charge in [-0.15, -0.1) is 0 Å². The molecule has 4 rings (SSSR count). The molecule has 1 aliphatic heterocycles. The summed E-state index contributed by atoms with van der Waals surface area (Å²) in [6.07, 6.45) is 2.03. The smallest absolute Gasteiger partial charge is 0.226 e. The quantitative estimate of drug-likeness (QED) is 0.749. The van der Waals surface area contributed by atoms with Gasteiger partial charge in [0, 0.05) is 30.5 Å². The summed E-state index contributed by atoms with van der Waals surface area (Å²) in [5.74, 6) is -1.27. The van der Waals surface area contributed by atoms with Crippen LogP contribution < -0.4 is 0 Å². The van der Waals surface area contributed by atoms with E-state index in [4.69, 9.17) is 4.84 Å². The molecule has 1 saturated carbocycles. The topological polar surface area (TPSA) is 41.9 Å². The molecule has 0 aromatic heterocycles. The SMILES string of the molecule is Cc1ccc(C2=NOC(CN(Cc3ccc(F)cc3F)C(=O)C3CC3)C2)cc1. The number of amides is 1. The normalized spacial score (nSPS) is 18.5. The fourth-order valence-electron chi connectivity index (χ4n) is 3.36. The van der Waals surface area contributed by atoms with E-state index in [-0.39, 0.29) is 24.5 Å². The second kappa shape index (κ2) is 7.70. The highest BCUT2D eigenvalue weighted by Gasteiger charge is 2.36. The Hall–Kier alpha value is -2.76. The van der Waals surface area contributed by atoms with Crippen LogP contribution in [0.4, 0.5) is 8.78 Å². The van der Waals surface area contributed by atoms with Gasteiger partial charge in [0.2, 0.25) is 5.91 Å². The predicted octanol–water partition coefficient (Wildman–Crippen LogP) is 4.21. The van der Waals surface area contributed by atoms with Crippen molar-refractivity contribution >= 4 is 11.6 Å². The van der Waals surface area contributed by atoms with Gasteiger partial charge in [0.25, 0.3) is 0 Å². The fourth-order valence-corrected chi connectivity index (χ4v) is 3.36. The predicted molar refractivity (Wildman–Crippen MR) is 102 cm³/mol. The van der Waals surface area contributed by atoms with E-state index < -0.39 is 11.6 Å². The molecule has 0 spiro atoms. The third-order valence-electron chi connectivity index (χ3n) is 5.16. The lowest BCUT2D eigenvalue weighted by atomic mass is 10.0. The summed E-state index contributed by atoms with van der Waals surface area (Å²) in [4.78, 5) is 19.9. The number of carbonyl (C=O) groups excluding carboxylic acids is 1. The van der Waals surface area contributed by atoms with Crippen LogP contribution in [0.25, 0.3) is 0 Å². The van der Waals surface area contributed by atoms with E-state index in [1.807, 2.05) is 31.2 Å². The van der Waals surface area contributed by atoms with Gasteiger partial charge < -0.3 is 9.74 Å². The molecule has 1 unspecified atom stereocenters. The Kier molecular flexibility index (Phi) is 5.11. The number of hydrogen-bond acceptors (Lipinski definition) is 3. The summed E-state index contributed by atoms with van der Waals surface area (Å²) in [7, 11) is 0. The molecule has 0 bridgehead atoms. The van der Waals surface area contributed by atoms with Crippen LogP contribution in [0.3, 0.4) is 0 Å². The number of oxime groups is 1. The number of hydrogen-bond donors (Lipinski definition) is 0. The molecule has 1 aliphatic carbocycles. The van der Waals surface area contributed by atoms with Gasteiger partial charge in [0.15, 0.2) is 6.10 Å². The molecule has 146 valence electrons. The standard InChI is InChI=1S/C22H22F2N2O2/c1-14-2-4-15(5-3-14)21-11-19(28-25-21)13-26(22(27)16-6-7-16)12-17-8-9-18(23)10-20(17)24/h2-5,8-10,16,19H,6-7,11-13H2,1H3. The number of carbonyl (C=O) groups is 1. The van der Waals surface area contributed by atoms with Crippen LogP contribution in [-0.2, 0) is 16.2 Å². The summed E-state index contributed by atoms with van der Waals surface area (Å²) < 4.78 is 27.3. The third-order valence-corrected chi connectivity index (χ3v) is 5.16. The molecule has 0 radical (unpaired) electrons. The first kappa shape index (κ1) is 18.6. The Bertz CT molecular complexity index is 907. The van der Waals surface area contributed by atoms with Crippen LogP contribution in [0.1, 0.15) is 36.0 Å². The van der Waals surface area contributed by atoms with E-state index in [1.165, 1.54) is 17.7 Å². The van der Waals surface area contributed by atoms with Gasteiger partial charge in [-0.3, -0.25) is 4.79 Å². The lowest BCUT2D eigenvalue weighted by molar-refractivity contribution is -0.135. The molecular formula is C22H22F2N2O2. The molecule has 6 heteroatoms. The average Bonchev–Trinajstić information content (AvgIpc) is 3.42. The number of benzene rings is 2. The minimum Gasteiger partial charge on any atom is -0.390 e. The van der Waals surface area contributed by atoms with Gasteiger partial charge in [-0.1, -0.05) is 41.1 Å². The van der Waals surface area contributed by atoms with Crippen molar-refractivity contribution in [3.63, 3.8) is 0 Å². The van der Waals surface area contributed by atoms with Gasteiger partial charge in [0.1, 0.15) is 11.6 Å². The van der Waals surface area contributed by atoms with Crippen LogP contribution in [0.15, 0.2) is 47.6 Å². The monoisotopic (exact) mass is 384 g/mol. The Morgan fingerprint density at radius 1 is 1.18 bits per heavy atom. The highest BCUT2D eigenvalue weighted by atomic mass is 19.1. The van der Waals surface area contributed by atoms with Gasteiger partial charge in [-0.25, -0.2) is 8.78 Å². The molecule has 2 aliphatic rings. The third kappa shape index (κ3) is 4.21. The minimum atomic E-state index is -0.641. The number of nitrogens with zero attached hydrogens (tertiary/aromatic N) is 2. The van der Waals surface area contributed by atoms with E-state index in [2.05, 4.69) is 5.16 Å². The van der Waals surface area contributed by atoms with Crippen molar-refractivity contribution < 1.29 is 18.4 Å². The van der Waals surface area contributed by atoms with Crippen LogP contribution in [0, 0.1) is 24.5 Å². The maximum absolute atomic E-state index is 14.1. The molecule has 1 fully saturated rings. The Morgan fingerprint density at radius 2 is 1.93 bits per heavy atom. The summed E-state index contributed by atoms with van der Waals surface area (Å²) in [5, 5.41) is 4.18. The van der Waals surface area contributed by atoms with E-state index in [0.717, 1.165) is 30.2 Å². The van der Waals surface area contributed by atoms with E-state index in [9.17, 15) is 13.6 Å². The Balaban J connectivity index is 1.44. The van der Waals surface area contributed by atoms with Crippen LogP contribution >= 0.6 is 0 Å². The van der Waals surface area contributed by atoms with Crippen LogP contribution in [-0.4, -0.2) is 29.2 Å². The Labute approximate surface area is 162 Å². The lowest BCUT2D eigenvalue weighted by Crippen LogP contribution is -2.38. The van der Waals surface area contributed by atoms with Gasteiger partial charge in [-0.2, -0.15) is 0 Å². The maximum atomic E-state index is 14.1. The molecule has 0 saturated heterocycles. The molecule has 0 N–H and O–H groups in total. The minimum absolute atomic E-state index is 0.00222. The highest BCUT2D eigenvalue weighted by molar-refractivity contribution is 6.01. The van der Waals surface area contributed by atoms with Crippen molar-refractivity contribution in [1.82, 2.24) is 4.90 Å². The second-order valence-electron chi connectivity index (χ2n) is 7.56. The van der Waals surface area contributed by atoms with Gasteiger partial charge in [0.05, 0.1) is 12.3 Å².